The first-order chi connectivity index (χ1) is 5.60. The molecule has 0 aliphatic heterocycles. The minimum Gasteiger partial charge on any atom is -0.375 e. The Hall–Kier alpha value is -0.550. The monoisotopic (exact) mass is 167 g/mol. The normalized spacial score (nSPS) is 36.4. The van der Waals surface area contributed by atoms with Crippen molar-refractivity contribution in [1.82, 2.24) is 0 Å². The van der Waals surface area contributed by atoms with E-state index in [9.17, 15) is 5.11 Å². The molecule has 0 aromatic heterocycles. The van der Waals surface area contributed by atoms with Crippen molar-refractivity contribution >= 4 is 0 Å². The second-order valence-corrected chi connectivity index (χ2v) is 4.13. The van der Waals surface area contributed by atoms with Gasteiger partial charge < -0.3 is 5.11 Å². The molecule has 1 N–H and O–H groups in total. The Labute approximate surface area is 74.2 Å². The van der Waals surface area contributed by atoms with Crippen LogP contribution in [0.2, 0.25) is 0 Å². The standard InChI is InChI=1S/C10H17NO/c1-8(2)9-5-3-4-6-10(9,12)7-11/h8-9,12H,3-6H2,1-2H3. The van der Waals surface area contributed by atoms with Gasteiger partial charge in [0.25, 0.3) is 0 Å². The lowest BCUT2D eigenvalue weighted by molar-refractivity contribution is -0.0179. The van der Waals surface area contributed by atoms with Gasteiger partial charge in [0.15, 0.2) is 5.60 Å². The van der Waals surface area contributed by atoms with E-state index in [1.165, 1.54) is 0 Å². The molecular weight excluding hydrogens is 150 g/mol. The zero-order valence-electron chi connectivity index (χ0n) is 7.88. The fourth-order valence-electron chi connectivity index (χ4n) is 2.21. The zero-order chi connectivity index (χ0) is 9.19. The number of nitrogens with zero attached hydrogens (tertiary/aromatic N) is 1. The highest BCUT2D eigenvalue weighted by atomic mass is 16.3. The topological polar surface area (TPSA) is 44.0 Å². The van der Waals surface area contributed by atoms with Crippen LogP contribution >= 0.6 is 0 Å². The van der Waals surface area contributed by atoms with E-state index in [0.29, 0.717) is 12.3 Å². The van der Waals surface area contributed by atoms with E-state index < -0.39 is 5.60 Å². The molecule has 0 radical (unpaired) electrons. The predicted octanol–water partition coefficient (Wildman–Crippen LogP) is 2.09. The summed E-state index contributed by atoms with van der Waals surface area (Å²) < 4.78 is 0. The number of aliphatic hydroxyl groups is 1. The largest absolute Gasteiger partial charge is 0.375 e. The van der Waals surface area contributed by atoms with Crippen LogP contribution in [0.4, 0.5) is 0 Å². The van der Waals surface area contributed by atoms with Gasteiger partial charge in [0, 0.05) is 5.92 Å². The molecule has 68 valence electrons. The van der Waals surface area contributed by atoms with Gasteiger partial charge in [-0.25, -0.2) is 0 Å². The van der Waals surface area contributed by atoms with Crippen molar-refractivity contribution in [1.29, 1.82) is 5.26 Å². The van der Waals surface area contributed by atoms with Gasteiger partial charge in [0.2, 0.25) is 0 Å². The Morgan fingerprint density at radius 3 is 2.58 bits per heavy atom. The summed E-state index contributed by atoms with van der Waals surface area (Å²) in [5, 5.41) is 18.8. The minimum absolute atomic E-state index is 0.177. The quantitative estimate of drug-likeness (QED) is 0.608. The fourth-order valence-corrected chi connectivity index (χ4v) is 2.21. The van der Waals surface area contributed by atoms with Crippen molar-refractivity contribution in [3.63, 3.8) is 0 Å². The van der Waals surface area contributed by atoms with Gasteiger partial charge in [0.1, 0.15) is 0 Å². The predicted molar refractivity (Wildman–Crippen MR) is 47.4 cm³/mol. The highest BCUT2D eigenvalue weighted by Crippen LogP contribution is 2.37. The van der Waals surface area contributed by atoms with Gasteiger partial charge in [-0.3, -0.25) is 0 Å². The summed E-state index contributed by atoms with van der Waals surface area (Å²) >= 11 is 0. The van der Waals surface area contributed by atoms with Gasteiger partial charge in [-0.15, -0.1) is 0 Å². The van der Waals surface area contributed by atoms with Crippen molar-refractivity contribution in [2.45, 2.75) is 45.1 Å². The molecule has 0 saturated heterocycles. The van der Waals surface area contributed by atoms with Gasteiger partial charge in [-0.2, -0.15) is 5.26 Å². The van der Waals surface area contributed by atoms with E-state index in [-0.39, 0.29) is 5.92 Å². The Morgan fingerprint density at radius 1 is 1.50 bits per heavy atom. The Kier molecular flexibility index (Phi) is 2.74. The molecule has 1 saturated carbocycles. The molecule has 0 amide bonds. The van der Waals surface area contributed by atoms with Crippen molar-refractivity contribution in [2.75, 3.05) is 0 Å². The fraction of sp³-hybridized carbons (Fsp3) is 0.900. The maximum Gasteiger partial charge on any atom is 0.154 e. The van der Waals surface area contributed by atoms with Crippen LogP contribution in [0.3, 0.4) is 0 Å². The number of rotatable bonds is 1. The smallest absolute Gasteiger partial charge is 0.154 e. The van der Waals surface area contributed by atoms with E-state index in [1.807, 2.05) is 0 Å². The minimum atomic E-state index is -1.04. The summed E-state index contributed by atoms with van der Waals surface area (Å²) in [6, 6.07) is 2.07. The highest BCUT2D eigenvalue weighted by Gasteiger charge is 2.40. The number of hydrogen-bond acceptors (Lipinski definition) is 2. The Morgan fingerprint density at radius 2 is 2.17 bits per heavy atom. The molecule has 0 heterocycles. The number of nitriles is 1. The van der Waals surface area contributed by atoms with E-state index in [0.717, 1.165) is 19.3 Å². The molecule has 1 rings (SSSR count). The lowest BCUT2D eigenvalue weighted by Crippen LogP contribution is -2.41. The Bertz CT molecular complexity index is 195. The summed E-state index contributed by atoms with van der Waals surface area (Å²) in [7, 11) is 0. The van der Waals surface area contributed by atoms with E-state index in [4.69, 9.17) is 5.26 Å². The van der Waals surface area contributed by atoms with Crippen LogP contribution in [0.25, 0.3) is 0 Å². The molecule has 2 atom stereocenters. The molecule has 0 aromatic rings. The van der Waals surface area contributed by atoms with Crippen molar-refractivity contribution in [3.8, 4) is 6.07 Å². The van der Waals surface area contributed by atoms with Crippen LogP contribution in [-0.4, -0.2) is 10.7 Å². The van der Waals surface area contributed by atoms with Crippen molar-refractivity contribution < 1.29 is 5.11 Å². The van der Waals surface area contributed by atoms with Gasteiger partial charge in [-0.05, 0) is 25.2 Å². The van der Waals surface area contributed by atoms with Gasteiger partial charge in [0.05, 0.1) is 6.07 Å². The summed E-state index contributed by atoms with van der Waals surface area (Å²) in [5.74, 6) is 0.589. The van der Waals surface area contributed by atoms with Crippen LogP contribution in [-0.2, 0) is 0 Å². The third kappa shape index (κ3) is 1.61. The molecule has 1 fully saturated rings. The summed E-state index contributed by atoms with van der Waals surface area (Å²) in [4.78, 5) is 0. The summed E-state index contributed by atoms with van der Waals surface area (Å²) in [6.45, 7) is 4.16. The van der Waals surface area contributed by atoms with E-state index in [2.05, 4.69) is 19.9 Å². The van der Waals surface area contributed by atoms with Crippen LogP contribution in [0.15, 0.2) is 0 Å². The van der Waals surface area contributed by atoms with Crippen molar-refractivity contribution in [3.05, 3.63) is 0 Å². The molecule has 2 heteroatoms. The summed E-state index contributed by atoms with van der Waals surface area (Å²) in [6.07, 6.45) is 3.81. The molecule has 1 aliphatic rings. The van der Waals surface area contributed by atoms with E-state index >= 15 is 0 Å². The maximum atomic E-state index is 9.95. The number of hydrogen-bond donors (Lipinski definition) is 1. The van der Waals surface area contributed by atoms with Crippen LogP contribution in [0.1, 0.15) is 39.5 Å². The average Bonchev–Trinajstić information content (AvgIpc) is 2.05. The SMILES string of the molecule is CC(C)C1CCCCC1(O)C#N. The third-order valence-corrected chi connectivity index (χ3v) is 2.93. The second-order valence-electron chi connectivity index (χ2n) is 4.13. The van der Waals surface area contributed by atoms with Gasteiger partial charge in [-0.1, -0.05) is 20.3 Å². The molecule has 0 aromatic carbocycles. The first kappa shape index (κ1) is 9.54. The highest BCUT2D eigenvalue weighted by molar-refractivity contribution is 5.06. The molecule has 2 nitrogen and oxygen atoms in total. The van der Waals surface area contributed by atoms with Crippen LogP contribution in [0, 0.1) is 23.2 Å². The average molecular weight is 167 g/mol. The van der Waals surface area contributed by atoms with Crippen LogP contribution < -0.4 is 0 Å². The lowest BCUT2D eigenvalue weighted by atomic mass is 9.71. The van der Waals surface area contributed by atoms with Gasteiger partial charge >= 0.3 is 0 Å². The third-order valence-electron chi connectivity index (χ3n) is 2.93. The Balaban J connectivity index is 2.75. The molecule has 2 unspecified atom stereocenters. The zero-order valence-corrected chi connectivity index (χ0v) is 7.88. The lowest BCUT2D eigenvalue weighted by Gasteiger charge is -2.37. The first-order valence-electron chi connectivity index (χ1n) is 4.74. The van der Waals surface area contributed by atoms with Crippen molar-refractivity contribution in [2.24, 2.45) is 11.8 Å². The first-order valence-corrected chi connectivity index (χ1v) is 4.74. The second kappa shape index (κ2) is 3.45. The molecule has 0 spiro atoms. The molecule has 1 aliphatic carbocycles. The van der Waals surface area contributed by atoms with Crippen LogP contribution in [0.5, 0.6) is 0 Å². The molecular formula is C10H17NO. The van der Waals surface area contributed by atoms with E-state index in [1.54, 1.807) is 0 Å². The molecule has 12 heavy (non-hydrogen) atoms. The molecule has 0 bridgehead atoms. The maximum absolute atomic E-state index is 9.95. The summed E-state index contributed by atoms with van der Waals surface area (Å²) in [5.41, 5.74) is -1.04.